The molecule has 0 nitrogen and oxygen atoms in total. The molecule has 2 aromatic rings. The van der Waals surface area contributed by atoms with Crippen LogP contribution in [0.2, 0.25) is 0 Å². The van der Waals surface area contributed by atoms with Crippen LogP contribution in [0, 0.1) is 10.7 Å². The molecule has 1 heteroatoms. The van der Waals surface area contributed by atoms with Crippen molar-refractivity contribution >= 4 is 15.0 Å². The molecule has 78 valence electrons. The van der Waals surface area contributed by atoms with Crippen molar-refractivity contribution in [1.29, 1.82) is 0 Å². The van der Waals surface area contributed by atoms with Crippen molar-refractivity contribution in [3.05, 3.63) is 71.8 Å². The first kappa shape index (κ1) is 11.0. The molecule has 0 aliphatic carbocycles. The molecule has 2 rings (SSSR count). The van der Waals surface area contributed by atoms with E-state index >= 15 is 0 Å². The first-order valence-corrected chi connectivity index (χ1v) is 7.24. The summed E-state index contributed by atoms with van der Waals surface area (Å²) in [6.45, 7) is 0. The fourth-order valence-corrected chi connectivity index (χ4v) is 2.61. The summed E-state index contributed by atoms with van der Waals surface area (Å²) in [4.78, 5) is 3.26. The average Bonchev–Trinajstić information content (AvgIpc) is 2.37. The van der Waals surface area contributed by atoms with E-state index in [9.17, 15) is 0 Å². The van der Waals surface area contributed by atoms with E-state index < -0.39 is 0 Å². The second kappa shape index (κ2) is 6.18. The van der Waals surface area contributed by atoms with Gasteiger partial charge in [0.1, 0.15) is 0 Å². The van der Waals surface area contributed by atoms with Gasteiger partial charge < -0.3 is 0 Å². The average molecular weight is 271 g/mol. The number of hydrogen-bond acceptors (Lipinski definition) is 0. The Balaban J connectivity index is 1.87. The van der Waals surface area contributed by atoms with Crippen molar-refractivity contribution in [3.8, 4) is 10.7 Å². The zero-order chi connectivity index (χ0) is 11.1. The van der Waals surface area contributed by atoms with Crippen LogP contribution in [0.3, 0.4) is 0 Å². The van der Waals surface area contributed by atoms with Crippen LogP contribution < -0.4 is 0 Å². The molecular formula is C15H12Se. The van der Waals surface area contributed by atoms with Gasteiger partial charge in [0.25, 0.3) is 0 Å². The molecule has 0 aromatic heterocycles. The summed E-state index contributed by atoms with van der Waals surface area (Å²) in [5.41, 5.74) is 2.49. The topological polar surface area (TPSA) is 0 Å². The Bertz CT molecular complexity index is 477. The minimum absolute atomic E-state index is 0.372. The van der Waals surface area contributed by atoms with Crippen LogP contribution in [-0.4, -0.2) is 15.0 Å². The first-order chi connectivity index (χ1) is 7.95. The van der Waals surface area contributed by atoms with Crippen LogP contribution in [0.25, 0.3) is 0 Å². The van der Waals surface area contributed by atoms with E-state index in [-0.39, 0.29) is 0 Å². The Hall–Kier alpha value is -1.48. The molecule has 16 heavy (non-hydrogen) atoms. The maximum absolute atomic E-state index is 3.26. The van der Waals surface area contributed by atoms with E-state index in [2.05, 4.69) is 35.0 Å². The molecule has 0 amide bonds. The van der Waals surface area contributed by atoms with Crippen LogP contribution in [0.15, 0.2) is 60.7 Å². The van der Waals surface area contributed by atoms with E-state index in [0.717, 1.165) is 10.9 Å². The van der Waals surface area contributed by atoms with Gasteiger partial charge in [-0.15, -0.1) is 0 Å². The summed E-state index contributed by atoms with van der Waals surface area (Å²) >= 11 is 0.372. The molecular weight excluding hydrogens is 259 g/mol. The second-order valence-corrected chi connectivity index (χ2v) is 5.01. The number of benzene rings is 2. The zero-order valence-corrected chi connectivity index (χ0v) is 10.6. The SMILES string of the molecule is C(#Cc1ccccc1)[Se]Cc1ccccc1. The van der Waals surface area contributed by atoms with Gasteiger partial charge >= 0.3 is 103 Å². The first-order valence-electron chi connectivity index (χ1n) is 5.17. The maximum atomic E-state index is 3.26. The summed E-state index contributed by atoms with van der Waals surface area (Å²) in [6, 6.07) is 20.7. The fourth-order valence-electron chi connectivity index (χ4n) is 1.31. The van der Waals surface area contributed by atoms with Gasteiger partial charge in [0.05, 0.1) is 0 Å². The van der Waals surface area contributed by atoms with Gasteiger partial charge in [0.2, 0.25) is 0 Å². The van der Waals surface area contributed by atoms with E-state index in [1.165, 1.54) is 5.56 Å². The van der Waals surface area contributed by atoms with Gasteiger partial charge in [-0.25, -0.2) is 0 Å². The fraction of sp³-hybridized carbons (Fsp3) is 0.0667. The van der Waals surface area contributed by atoms with Crippen LogP contribution in [0.5, 0.6) is 0 Å². The van der Waals surface area contributed by atoms with Crippen LogP contribution in [0.4, 0.5) is 0 Å². The molecule has 0 aliphatic rings. The van der Waals surface area contributed by atoms with Gasteiger partial charge in [-0.05, 0) is 0 Å². The normalized spacial score (nSPS) is 9.25. The summed E-state index contributed by atoms with van der Waals surface area (Å²) in [7, 11) is 0. The van der Waals surface area contributed by atoms with Crippen LogP contribution in [0.1, 0.15) is 11.1 Å². The van der Waals surface area contributed by atoms with E-state index in [4.69, 9.17) is 0 Å². The Morgan fingerprint density at radius 2 is 1.44 bits per heavy atom. The molecule has 0 heterocycles. The molecule has 0 N–H and O–H groups in total. The minimum atomic E-state index is 0.372. The van der Waals surface area contributed by atoms with Gasteiger partial charge in [-0.2, -0.15) is 0 Å². The van der Waals surface area contributed by atoms with Crippen LogP contribution in [-0.2, 0) is 5.32 Å². The van der Waals surface area contributed by atoms with Crippen LogP contribution >= 0.6 is 0 Å². The molecule has 0 bridgehead atoms. The molecule has 0 spiro atoms. The molecule has 0 unspecified atom stereocenters. The van der Waals surface area contributed by atoms with E-state index in [1.54, 1.807) is 0 Å². The Kier molecular flexibility index (Phi) is 4.25. The van der Waals surface area contributed by atoms with Crippen molar-refractivity contribution < 1.29 is 0 Å². The van der Waals surface area contributed by atoms with Gasteiger partial charge in [-0.3, -0.25) is 0 Å². The quantitative estimate of drug-likeness (QED) is 0.582. The van der Waals surface area contributed by atoms with Crippen molar-refractivity contribution in [2.24, 2.45) is 0 Å². The summed E-state index contributed by atoms with van der Waals surface area (Å²) in [5, 5.41) is 1.09. The van der Waals surface area contributed by atoms with Gasteiger partial charge in [0, 0.05) is 0 Å². The Labute approximate surface area is 103 Å². The summed E-state index contributed by atoms with van der Waals surface area (Å²) in [6.07, 6.45) is 0. The van der Waals surface area contributed by atoms with Crippen molar-refractivity contribution in [1.82, 2.24) is 0 Å². The van der Waals surface area contributed by atoms with Gasteiger partial charge in [-0.1, -0.05) is 0 Å². The number of hydrogen-bond donors (Lipinski definition) is 0. The van der Waals surface area contributed by atoms with E-state index in [1.807, 2.05) is 36.4 Å². The molecule has 0 fully saturated rings. The Morgan fingerprint density at radius 1 is 0.812 bits per heavy atom. The molecule has 0 aliphatic heterocycles. The third-order valence-electron chi connectivity index (χ3n) is 2.12. The number of rotatable bonds is 2. The van der Waals surface area contributed by atoms with Crippen molar-refractivity contribution in [2.75, 3.05) is 0 Å². The van der Waals surface area contributed by atoms with Gasteiger partial charge in [0.15, 0.2) is 0 Å². The third kappa shape index (κ3) is 3.59. The predicted octanol–water partition coefficient (Wildman–Crippen LogP) is 2.90. The molecule has 0 radical (unpaired) electrons. The predicted molar refractivity (Wildman–Crippen MR) is 69.2 cm³/mol. The second-order valence-electron chi connectivity index (χ2n) is 3.37. The standard InChI is InChI=1S/C15H12Se/c1-3-7-14(8-4-1)11-12-16-13-15-9-5-2-6-10-15/h1-10H,13H2. The zero-order valence-electron chi connectivity index (χ0n) is 8.89. The monoisotopic (exact) mass is 272 g/mol. The third-order valence-corrected chi connectivity index (χ3v) is 3.64. The Morgan fingerprint density at radius 3 is 2.12 bits per heavy atom. The molecule has 0 saturated heterocycles. The van der Waals surface area contributed by atoms with Crippen molar-refractivity contribution in [2.45, 2.75) is 5.32 Å². The summed E-state index contributed by atoms with van der Waals surface area (Å²) in [5.74, 6) is 3.19. The summed E-state index contributed by atoms with van der Waals surface area (Å²) < 4.78 is 0. The van der Waals surface area contributed by atoms with E-state index in [0.29, 0.717) is 15.0 Å². The molecule has 2 aromatic carbocycles. The van der Waals surface area contributed by atoms with Crippen molar-refractivity contribution in [3.63, 3.8) is 0 Å². The molecule has 0 atom stereocenters. The molecule has 0 saturated carbocycles.